The highest BCUT2D eigenvalue weighted by Gasteiger charge is 2.29. The van der Waals surface area contributed by atoms with Gasteiger partial charge in [0, 0.05) is 43.3 Å². The number of pyridine rings is 2. The van der Waals surface area contributed by atoms with Crippen molar-refractivity contribution in [2.45, 2.75) is 22.4 Å². The van der Waals surface area contributed by atoms with Crippen molar-refractivity contribution < 1.29 is 18.6 Å². The van der Waals surface area contributed by atoms with E-state index in [9.17, 15) is 9.18 Å². The zero-order valence-electron chi connectivity index (χ0n) is 20.6. The van der Waals surface area contributed by atoms with Crippen LogP contribution in [0.25, 0.3) is 0 Å². The fourth-order valence-electron chi connectivity index (χ4n) is 4.62. The van der Waals surface area contributed by atoms with Gasteiger partial charge in [-0.1, -0.05) is 23.9 Å². The summed E-state index contributed by atoms with van der Waals surface area (Å²) >= 11 is 1.63. The largest absolute Gasteiger partial charge is 0.479 e. The Kier molecular flexibility index (Phi) is 6.65. The predicted molar refractivity (Wildman–Crippen MR) is 143 cm³/mol. The Morgan fingerprint density at radius 2 is 2.13 bits per heavy atom. The Balaban J connectivity index is 1.19. The lowest BCUT2D eigenvalue weighted by atomic mass is 10.1. The smallest absolute Gasteiger partial charge is 0.271 e. The van der Waals surface area contributed by atoms with Crippen molar-refractivity contribution in [2.75, 3.05) is 37.0 Å². The van der Waals surface area contributed by atoms with Gasteiger partial charge in [-0.3, -0.25) is 4.79 Å². The SMILES string of the molecule is COc1ncc(CNc2ccc3c(c2)Sc2cccc(C4CN(c5ccc[nH]c5=O)CCO4)c2O3)cc1F. The summed E-state index contributed by atoms with van der Waals surface area (Å²) in [7, 11) is 1.39. The summed E-state index contributed by atoms with van der Waals surface area (Å²) in [6.07, 6.45) is 2.99. The van der Waals surface area contributed by atoms with Crippen molar-refractivity contribution in [1.82, 2.24) is 9.97 Å². The molecule has 0 spiro atoms. The summed E-state index contributed by atoms with van der Waals surface area (Å²) in [6, 6.07) is 17.0. The molecule has 10 heteroatoms. The lowest BCUT2D eigenvalue weighted by molar-refractivity contribution is 0.0382. The van der Waals surface area contributed by atoms with Gasteiger partial charge in [0.2, 0.25) is 5.88 Å². The van der Waals surface area contributed by atoms with Gasteiger partial charge in [-0.15, -0.1) is 0 Å². The Morgan fingerprint density at radius 1 is 1.21 bits per heavy atom. The van der Waals surface area contributed by atoms with Crippen LogP contribution in [-0.2, 0) is 11.3 Å². The first-order chi connectivity index (χ1) is 18.6. The van der Waals surface area contributed by atoms with Crippen LogP contribution < -0.4 is 25.2 Å². The maximum atomic E-state index is 14.0. The number of halogens is 1. The maximum Gasteiger partial charge on any atom is 0.271 e. The molecule has 1 unspecified atom stereocenters. The monoisotopic (exact) mass is 532 g/mol. The van der Waals surface area contributed by atoms with Crippen molar-refractivity contribution in [3.8, 4) is 17.4 Å². The van der Waals surface area contributed by atoms with Crippen LogP contribution in [0, 0.1) is 5.82 Å². The first kappa shape index (κ1) is 24.3. The van der Waals surface area contributed by atoms with Gasteiger partial charge in [0.05, 0.1) is 23.5 Å². The zero-order valence-corrected chi connectivity index (χ0v) is 21.4. The number of aromatic amines is 1. The number of nitrogens with zero attached hydrogens (tertiary/aromatic N) is 2. The average Bonchev–Trinajstić information content (AvgIpc) is 2.95. The van der Waals surface area contributed by atoms with E-state index in [1.807, 2.05) is 48.5 Å². The fraction of sp³-hybridized carbons (Fsp3) is 0.214. The Bertz CT molecular complexity index is 1550. The van der Waals surface area contributed by atoms with E-state index in [2.05, 4.69) is 20.2 Å². The molecule has 0 aliphatic carbocycles. The first-order valence-corrected chi connectivity index (χ1v) is 13.0. The Hall–Kier alpha value is -4.02. The van der Waals surface area contributed by atoms with Crippen LogP contribution in [0.2, 0.25) is 0 Å². The molecule has 2 aromatic heterocycles. The number of ether oxygens (including phenoxy) is 3. The number of fused-ring (bicyclic) bond motifs is 2. The van der Waals surface area contributed by atoms with Crippen LogP contribution in [0.1, 0.15) is 17.2 Å². The number of benzene rings is 2. The average molecular weight is 533 g/mol. The number of methoxy groups -OCH3 is 1. The molecule has 4 heterocycles. The van der Waals surface area contributed by atoms with Gasteiger partial charge in [-0.2, -0.15) is 0 Å². The molecule has 0 amide bonds. The van der Waals surface area contributed by atoms with Crippen LogP contribution in [-0.4, -0.2) is 36.8 Å². The number of H-pyrrole nitrogens is 1. The molecule has 4 aromatic rings. The van der Waals surface area contributed by atoms with Gasteiger partial charge in [-0.25, -0.2) is 9.37 Å². The number of nitrogens with one attached hydrogen (secondary N) is 2. The molecule has 2 aliphatic rings. The normalized spacial score (nSPS) is 16.3. The molecule has 38 heavy (non-hydrogen) atoms. The highest BCUT2D eigenvalue weighted by Crippen LogP contribution is 2.50. The van der Waals surface area contributed by atoms with Gasteiger partial charge < -0.3 is 29.4 Å². The first-order valence-electron chi connectivity index (χ1n) is 12.2. The van der Waals surface area contributed by atoms with Crippen molar-refractivity contribution in [3.63, 3.8) is 0 Å². The number of hydrogen-bond acceptors (Lipinski definition) is 8. The van der Waals surface area contributed by atoms with E-state index in [0.717, 1.165) is 32.5 Å². The van der Waals surface area contributed by atoms with E-state index < -0.39 is 5.82 Å². The third kappa shape index (κ3) is 4.80. The molecule has 1 saturated heterocycles. The van der Waals surface area contributed by atoms with E-state index in [-0.39, 0.29) is 17.5 Å². The molecule has 0 bridgehead atoms. The second kappa shape index (κ2) is 10.4. The summed E-state index contributed by atoms with van der Waals surface area (Å²) in [5.74, 6) is 1.02. The molecule has 194 valence electrons. The molecule has 0 saturated carbocycles. The Labute approximate surface area is 222 Å². The van der Waals surface area contributed by atoms with Gasteiger partial charge >= 0.3 is 0 Å². The number of anilines is 2. The second-order valence-corrected chi connectivity index (χ2v) is 10.0. The number of morpholine rings is 1. The van der Waals surface area contributed by atoms with Crippen LogP contribution in [0.4, 0.5) is 15.8 Å². The number of rotatable bonds is 6. The molecule has 6 rings (SSSR count). The van der Waals surface area contributed by atoms with Crippen molar-refractivity contribution in [3.05, 3.63) is 94.3 Å². The molecule has 0 radical (unpaired) electrons. The molecule has 1 fully saturated rings. The number of aromatic nitrogens is 2. The summed E-state index contributed by atoms with van der Waals surface area (Å²) < 4.78 is 31.4. The van der Waals surface area contributed by atoms with Gasteiger partial charge in [0.15, 0.2) is 5.82 Å². The van der Waals surface area contributed by atoms with Crippen LogP contribution in [0.15, 0.2) is 81.6 Å². The number of hydrogen-bond donors (Lipinski definition) is 2. The standard InChI is InChI=1S/C28H25FN4O4S/c1-35-28-20(29)12-17(15-32-28)14-31-18-7-8-22-25(13-18)38-24-6-2-4-19(26(24)37-22)23-16-33(10-11-36-23)21-5-3-9-30-27(21)34/h2-9,12-13,15,23,31H,10-11,14,16H2,1H3,(H,30,34). The maximum absolute atomic E-state index is 14.0. The van der Waals surface area contributed by atoms with Crippen molar-refractivity contribution in [2.24, 2.45) is 0 Å². The summed E-state index contributed by atoms with van der Waals surface area (Å²) in [6.45, 7) is 2.12. The zero-order chi connectivity index (χ0) is 26.1. The van der Waals surface area contributed by atoms with Gasteiger partial charge in [0.25, 0.3) is 5.56 Å². The topological polar surface area (TPSA) is 88.7 Å². The van der Waals surface area contributed by atoms with Gasteiger partial charge in [0.1, 0.15) is 23.3 Å². The third-order valence-electron chi connectivity index (χ3n) is 6.49. The van der Waals surface area contributed by atoms with E-state index in [1.54, 1.807) is 24.2 Å². The minimum absolute atomic E-state index is 0.0193. The lowest BCUT2D eigenvalue weighted by Gasteiger charge is -2.35. The van der Waals surface area contributed by atoms with Crippen LogP contribution >= 0.6 is 11.8 Å². The second-order valence-electron chi connectivity index (χ2n) is 8.92. The molecular weight excluding hydrogens is 507 g/mol. The minimum atomic E-state index is -0.491. The quantitative estimate of drug-likeness (QED) is 0.302. The lowest BCUT2D eigenvalue weighted by Crippen LogP contribution is -2.41. The summed E-state index contributed by atoms with van der Waals surface area (Å²) in [5.41, 5.74) is 3.07. The molecule has 8 nitrogen and oxygen atoms in total. The summed E-state index contributed by atoms with van der Waals surface area (Å²) in [5, 5.41) is 3.32. The Morgan fingerprint density at radius 3 is 2.97 bits per heavy atom. The molecule has 2 aromatic carbocycles. The number of para-hydroxylation sites is 1. The molecule has 2 aliphatic heterocycles. The van der Waals surface area contributed by atoms with Crippen molar-refractivity contribution in [1.29, 1.82) is 0 Å². The molecular formula is C28H25FN4O4S. The highest BCUT2D eigenvalue weighted by atomic mass is 32.2. The van der Waals surface area contributed by atoms with Crippen molar-refractivity contribution >= 4 is 23.1 Å². The highest BCUT2D eigenvalue weighted by molar-refractivity contribution is 7.99. The minimum Gasteiger partial charge on any atom is -0.479 e. The van der Waals surface area contributed by atoms with Crippen LogP contribution in [0.5, 0.6) is 17.4 Å². The fourth-order valence-corrected chi connectivity index (χ4v) is 5.65. The third-order valence-corrected chi connectivity index (χ3v) is 7.57. The molecule has 1 atom stereocenters. The van der Waals surface area contributed by atoms with Crippen LogP contribution in [0.3, 0.4) is 0 Å². The van der Waals surface area contributed by atoms with E-state index >= 15 is 0 Å². The van der Waals surface area contributed by atoms with Gasteiger partial charge in [-0.05, 0) is 48.0 Å². The van der Waals surface area contributed by atoms with E-state index in [0.29, 0.717) is 37.5 Å². The van der Waals surface area contributed by atoms with E-state index in [1.165, 1.54) is 13.2 Å². The summed E-state index contributed by atoms with van der Waals surface area (Å²) in [4.78, 5) is 23.1. The predicted octanol–water partition coefficient (Wildman–Crippen LogP) is 5.36. The molecule has 2 N–H and O–H groups in total. The van der Waals surface area contributed by atoms with E-state index in [4.69, 9.17) is 14.2 Å².